The molecule has 4 atom stereocenters. The molecule has 4 heteroatoms. The molecule has 0 aromatic heterocycles. The SMILES string of the molecule is Cl.NC(CS)=NCC1CC2C3CCC(C3)C2C1. The van der Waals surface area contributed by atoms with Gasteiger partial charge in [-0.15, -0.1) is 12.4 Å². The summed E-state index contributed by atoms with van der Waals surface area (Å²) in [6, 6.07) is 0. The van der Waals surface area contributed by atoms with Gasteiger partial charge >= 0.3 is 0 Å². The number of rotatable bonds is 3. The molecule has 3 aliphatic rings. The highest BCUT2D eigenvalue weighted by atomic mass is 35.5. The highest BCUT2D eigenvalue weighted by Gasteiger charge is 2.51. The third-order valence-corrected chi connectivity index (χ3v) is 5.52. The molecule has 0 saturated heterocycles. The van der Waals surface area contributed by atoms with Crippen LogP contribution in [0.2, 0.25) is 0 Å². The quantitative estimate of drug-likeness (QED) is 0.464. The van der Waals surface area contributed by atoms with Crippen molar-refractivity contribution in [3.8, 4) is 0 Å². The van der Waals surface area contributed by atoms with Crippen molar-refractivity contribution in [1.29, 1.82) is 0 Å². The molecule has 0 spiro atoms. The van der Waals surface area contributed by atoms with Crippen LogP contribution in [0.3, 0.4) is 0 Å². The molecular formula is C13H23ClN2S. The molecule has 2 nitrogen and oxygen atoms in total. The number of hydrogen-bond acceptors (Lipinski definition) is 2. The first-order valence-electron chi connectivity index (χ1n) is 6.67. The molecule has 3 rings (SSSR count). The van der Waals surface area contributed by atoms with Crippen molar-refractivity contribution in [2.75, 3.05) is 12.3 Å². The van der Waals surface area contributed by atoms with Gasteiger partial charge in [0.05, 0.1) is 0 Å². The summed E-state index contributed by atoms with van der Waals surface area (Å²) in [5.74, 6) is 6.38. The summed E-state index contributed by atoms with van der Waals surface area (Å²) in [4.78, 5) is 4.44. The van der Waals surface area contributed by atoms with E-state index < -0.39 is 0 Å². The first-order valence-corrected chi connectivity index (χ1v) is 7.30. The lowest BCUT2D eigenvalue weighted by Crippen LogP contribution is -2.15. The second kappa shape index (κ2) is 5.40. The maximum atomic E-state index is 5.71. The van der Waals surface area contributed by atoms with Crippen molar-refractivity contribution in [2.24, 2.45) is 40.3 Å². The normalized spacial score (nSPS) is 43.6. The summed E-state index contributed by atoms with van der Waals surface area (Å²) in [6.45, 7) is 0.957. The smallest absolute Gasteiger partial charge is 0.103 e. The number of aliphatic imine (C=N–C) groups is 1. The van der Waals surface area contributed by atoms with Gasteiger partial charge in [0, 0.05) is 12.3 Å². The molecule has 0 aromatic rings. The Kier molecular flexibility index (Phi) is 4.30. The molecule has 0 amide bonds. The lowest BCUT2D eigenvalue weighted by Gasteiger charge is -2.23. The monoisotopic (exact) mass is 274 g/mol. The predicted molar refractivity (Wildman–Crippen MR) is 78.1 cm³/mol. The third-order valence-electron chi connectivity index (χ3n) is 5.20. The van der Waals surface area contributed by atoms with Crippen LogP contribution >= 0.6 is 25.0 Å². The first-order chi connectivity index (χ1) is 7.78. The number of hydrogen-bond donors (Lipinski definition) is 2. The summed E-state index contributed by atoms with van der Waals surface area (Å²) < 4.78 is 0. The molecule has 3 aliphatic carbocycles. The van der Waals surface area contributed by atoms with Gasteiger partial charge < -0.3 is 5.73 Å². The molecule has 3 fully saturated rings. The van der Waals surface area contributed by atoms with Gasteiger partial charge in [0.25, 0.3) is 0 Å². The Morgan fingerprint density at radius 1 is 1.12 bits per heavy atom. The van der Waals surface area contributed by atoms with Crippen LogP contribution in [0.5, 0.6) is 0 Å². The zero-order valence-electron chi connectivity index (χ0n) is 10.2. The van der Waals surface area contributed by atoms with E-state index in [2.05, 4.69) is 17.6 Å². The summed E-state index contributed by atoms with van der Waals surface area (Å²) in [5.41, 5.74) is 5.71. The number of nitrogens with zero attached hydrogens (tertiary/aromatic N) is 1. The van der Waals surface area contributed by atoms with Crippen molar-refractivity contribution < 1.29 is 0 Å². The Hall–Kier alpha value is 0.110. The van der Waals surface area contributed by atoms with Crippen molar-refractivity contribution >= 4 is 30.9 Å². The predicted octanol–water partition coefficient (Wildman–Crippen LogP) is 2.77. The van der Waals surface area contributed by atoms with E-state index in [-0.39, 0.29) is 12.4 Å². The zero-order chi connectivity index (χ0) is 11.1. The lowest BCUT2D eigenvalue weighted by atomic mass is 9.82. The second-order valence-electron chi connectivity index (χ2n) is 5.99. The second-order valence-corrected chi connectivity index (χ2v) is 6.30. The van der Waals surface area contributed by atoms with Crippen molar-refractivity contribution in [1.82, 2.24) is 0 Å². The number of nitrogens with two attached hydrogens (primary N) is 1. The molecule has 0 aromatic carbocycles. The van der Waals surface area contributed by atoms with E-state index >= 15 is 0 Å². The molecule has 0 heterocycles. The number of amidine groups is 1. The minimum absolute atomic E-state index is 0. The van der Waals surface area contributed by atoms with Gasteiger partial charge in [-0.05, 0) is 61.7 Å². The van der Waals surface area contributed by atoms with E-state index in [4.69, 9.17) is 5.73 Å². The summed E-state index contributed by atoms with van der Waals surface area (Å²) in [7, 11) is 0. The standard InChI is InChI=1S/C13H22N2S.ClH/c14-13(7-16)15-6-8-3-11-9-1-2-10(5-9)12(11)4-8;/h8-12,16H,1-7H2,(H2,14,15);1H. The largest absolute Gasteiger partial charge is 0.387 e. The van der Waals surface area contributed by atoms with Gasteiger partial charge in [-0.3, -0.25) is 4.99 Å². The van der Waals surface area contributed by atoms with Crippen LogP contribution < -0.4 is 5.73 Å². The van der Waals surface area contributed by atoms with Crippen LogP contribution in [-0.2, 0) is 0 Å². The Bertz CT molecular complexity index is 290. The number of halogens is 1. The minimum atomic E-state index is 0. The van der Waals surface area contributed by atoms with E-state index in [1.807, 2.05) is 0 Å². The Morgan fingerprint density at radius 2 is 1.71 bits per heavy atom. The Labute approximate surface area is 116 Å². The maximum absolute atomic E-state index is 5.71. The molecule has 0 radical (unpaired) electrons. The van der Waals surface area contributed by atoms with E-state index in [0.717, 1.165) is 36.1 Å². The summed E-state index contributed by atoms with van der Waals surface area (Å²) in [5, 5.41) is 0. The van der Waals surface area contributed by atoms with E-state index in [9.17, 15) is 0 Å². The molecule has 4 unspecified atom stereocenters. The van der Waals surface area contributed by atoms with Crippen molar-refractivity contribution in [3.63, 3.8) is 0 Å². The molecule has 98 valence electrons. The molecule has 2 bridgehead atoms. The number of thiol groups is 1. The Morgan fingerprint density at radius 3 is 2.24 bits per heavy atom. The van der Waals surface area contributed by atoms with Crippen molar-refractivity contribution in [3.05, 3.63) is 0 Å². The van der Waals surface area contributed by atoms with Crippen LogP contribution in [0.1, 0.15) is 32.1 Å². The van der Waals surface area contributed by atoms with Gasteiger partial charge in [0.1, 0.15) is 5.84 Å². The number of fused-ring (bicyclic) bond motifs is 5. The fraction of sp³-hybridized carbons (Fsp3) is 0.923. The Balaban J connectivity index is 0.00000108. The maximum Gasteiger partial charge on any atom is 0.103 e. The van der Waals surface area contributed by atoms with E-state index in [0.29, 0.717) is 11.6 Å². The van der Waals surface area contributed by atoms with Gasteiger partial charge in [-0.25, -0.2) is 0 Å². The highest BCUT2D eigenvalue weighted by molar-refractivity contribution is 7.81. The average molecular weight is 275 g/mol. The van der Waals surface area contributed by atoms with Crippen LogP contribution in [0.25, 0.3) is 0 Å². The molecule has 17 heavy (non-hydrogen) atoms. The van der Waals surface area contributed by atoms with Crippen molar-refractivity contribution in [2.45, 2.75) is 32.1 Å². The average Bonchev–Trinajstić information content (AvgIpc) is 2.96. The van der Waals surface area contributed by atoms with Gasteiger partial charge in [-0.2, -0.15) is 12.6 Å². The summed E-state index contributed by atoms with van der Waals surface area (Å²) >= 11 is 4.14. The van der Waals surface area contributed by atoms with Gasteiger partial charge in [-0.1, -0.05) is 0 Å². The first kappa shape index (κ1) is 13.5. The molecule has 0 aliphatic heterocycles. The fourth-order valence-corrected chi connectivity index (χ4v) is 4.68. The van der Waals surface area contributed by atoms with Gasteiger partial charge in [0.15, 0.2) is 0 Å². The molecule has 2 N–H and O–H groups in total. The van der Waals surface area contributed by atoms with Crippen LogP contribution in [0.4, 0.5) is 0 Å². The lowest BCUT2D eigenvalue weighted by molar-refractivity contribution is 0.259. The third kappa shape index (κ3) is 2.46. The van der Waals surface area contributed by atoms with Crippen LogP contribution in [0.15, 0.2) is 4.99 Å². The fourth-order valence-electron chi connectivity index (χ4n) is 4.58. The molecular weight excluding hydrogens is 252 g/mol. The minimum Gasteiger partial charge on any atom is -0.387 e. The topological polar surface area (TPSA) is 38.4 Å². The van der Waals surface area contributed by atoms with Crippen LogP contribution in [0, 0.1) is 29.6 Å². The summed E-state index contributed by atoms with van der Waals surface area (Å²) in [6.07, 6.45) is 7.43. The van der Waals surface area contributed by atoms with E-state index in [1.54, 1.807) is 6.42 Å². The highest BCUT2D eigenvalue weighted by Crippen LogP contribution is 2.59. The molecule has 3 saturated carbocycles. The zero-order valence-corrected chi connectivity index (χ0v) is 11.9. The van der Waals surface area contributed by atoms with Crippen LogP contribution in [-0.4, -0.2) is 18.1 Å². The van der Waals surface area contributed by atoms with E-state index in [1.165, 1.54) is 25.7 Å². The van der Waals surface area contributed by atoms with Gasteiger partial charge in [0.2, 0.25) is 0 Å².